The maximum Gasteiger partial charge on any atom is 0.254 e. The van der Waals surface area contributed by atoms with Crippen molar-refractivity contribution < 1.29 is 4.79 Å². The van der Waals surface area contributed by atoms with Crippen molar-refractivity contribution >= 4 is 23.2 Å². The summed E-state index contributed by atoms with van der Waals surface area (Å²) in [5.41, 5.74) is 6.43. The van der Waals surface area contributed by atoms with E-state index in [0.717, 1.165) is 32.5 Å². The fraction of sp³-hybridized carbons (Fsp3) is 0.571. The molecular weight excluding hydrogens is 276 g/mol. The number of halogens is 1. The van der Waals surface area contributed by atoms with Gasteiger partial charge in [-0.15, -0.1) is 0 Å². The molecule has 0 spiro atoms. The number of nitrogen functional groups attached to an aromatic ring is 1. The smallest absolute Gasteiger partial charge is 0.254 e. The first-order chi connectivity index (χ1) is 9.60. The molecule has 0 aliphatic carbocycles. The quantitative estimate of drug-likeness (QED) is 0.833. The molecule has 20 heavy (non-hydrogen) atoms. The molecule has 6 heteroatoms. The Kier molecular flexibility index (Phi) is 5.20. The number of nitrogens with zero attached hydrogens (tertiary/aromatic N) is 2. The lowest BCUT2D eigenvalue weighted by atomic mass is 10.0. The first-order valence-corrected chi connectivity index (χ1v) is 7.42. The van der Waals surface area contributed by atoms with Crippen LogP contribution in [0.25, 0.3) is 0 Å². The summed E-state index contributed by atoms with van der Waals surface area (Å²) in [6, 6.07) is 1.77. The van der Waals surface area contributed by atoms with Crippen LogP contribution in [0.3, 0.4) is 0 Å². The maximum atomic E-state index is 12.2. The SMILES string of the molecule is CCCN1CCC(NC(=O)c2cc(N)cnc2Cl)CC1. The monoisotopic (exact) mass is 296 g/mol. The Morgan fingerprint density at radius 2 is 2.25 bits per heavy atom. The molecule has 0 aromatic carbocycles. The average molecular weight is 297 g/mol. The lowest BCUT2D eigenvalue weighted by Gasteiger charge is -2.32. The Balaban J connectivity index is 1.91. The van der Waals surface area contributed by atoms with Gasteiger partial charge in [-0.3, -0.25) is 4.79 Å². The highest BCUT2D eigenvalue weighted by Crippen LogP contribution is 2.17. The number of aromatic nitrogens is 1. The summed E-state index contributed by atoms with van der Waals surface area (Å²) in [5.74, 6) is -0.191. The fourth-order valence-corrected chi connectivity index (χ4v) is 2.69. The number of hydrogen-bond donors (Lipinski definition) is 2. The van der Waals surface area contributed by atoms with Gasteiger partial charge in [-0.2, -0.15) is 0 Å². The van der Waals surface area contributed by atoms with E-state index in [1.54, 1.807) is 6.07 Å². The highest BCUT2D eigenvalue weighted by molar-refractivity contribution is 6.32. The van der Waals surface area contributed by atoms with Crippen molar-refractivity contribution in [2.45, 2.75) is 32.2 Å². The molecule has 1 aliphatic rings. The summed E-state index contributed by atoms with van der Waals surface area (Å²) in [5, 5.41) is 3.21. The van der Waals surface area contributed by atoms with Crippen molar-refractivity contribution in [3.63, 3.8) is 0 Å². The standard InChI is InChI=1S/C14H21ClN4O/c1-2-5-19-6-3-11(4-7-19)18-14(20)12-8-10(16)9-17-13(12)15/h8-9,11H,2-7,16H2,1H3,(H,18,20). The van der Waals surface area contributed by atoms with Gasteiger partial charge in [0.05, 0.1) is 17.4 Å². The molecule has 2 heterocycles. The Morgan fingerprint density at radius 3 is 2.90 bits per heavy atom. The van der Waals surface area contributed by atoms with E-state index < -0.39 is 0 Å². The van der Waals surface area contributed by atoms with Crippen LogP contribution in [0.5, 0.6) is 0 Å². The Morgan fingerprint density at radius 1 is 1.55 bits per heavy atom. The minimum Gasteiger partial charge on any atom is -0.397 e. The molecule has 0 radical (unpaired) electrons. The second kappa shape index (κ2) is 6.90. The topological polar surface area (TPSA) is 71.2 Å². The molecule has 0 saturated carbocycles. The minimum atomic E-state index is -0.191. The number of pyridine rings is 1. The normalized spacial score (nSPS) is 17.1. The summed E-state index contributed by atoms with van der Waals surface area (Å²) < 4.78 is 0. The van der Waals surface area contributed by atoms with Crippen LogP contribution in [0, 0.1) is 0 Å². The summed E-state index contributed by atoms with van der Waals surface area (Å²) in [4.78, 5) is 18.5. The second-order valence-corrected chi connectivity index (χ2v) is 5.55. The van der Waals surface area contributed by atoms with Crippen molar-refractivity contribution in [1.82, 2.24) is 15.2 Å². The Labute approximate surface area is 124 Å². The Hall–Kier alpha value is -1.33. The van der Waals surface area contributed by atoms with Crippen LogP contribution in [0.15, 0.2) is 12.3 Å². The van der Waals surface area contributed by atoms with Gasteiger partial charge < -0.3 is 16.0 Å². The lowest BCUT2D eigenvalue weighted by molar-refractivity contribution is 0.0911. The zero-order valence-electron chi connectivity index (χ0n) is 11.7. The highest BCUT2D eigenvalue weighted by atomic mass is 35.5. The number of carbonyl (C=O) groups excluding carboxylic acids is 1. The molecule has 0 bridgehead atoms. The highest BCUT2D eigenvalue weighted by Gasteiger charge is 2.21. The van der Waals surface area contributed by atoms with Crippen LogP contribution < -0.4 is 11.1 Å². The third-order valence-corrected chi connectivity index (χ3v) is 3.87. The fourth-order valence-electron chi connectivity index (χ4n) is 2.50. The number of piperidine rings is 1. The van der Waals surface area contributed by atoms with E-state index in [4.69, 9.17) is 17.3 Å². The molecule has 1 fully saturated rings. The molecule has 3 N–H and O–H groups in total. The largest absolute Gasteiger partial charge is 0.397 e. The van der Waals surface area contributed by atoms with Gasteiger partial charge >= 0.3 is 0 Å². The predicted octanol–water partition coefficient (Wildman–Crippen LogP) is 1.92. The maximum absolute atomic E-state index is 12.2. The van der Waals surface area contributed by atoms with Gasteiger partial charge in [-0.1, -0.05) is 18.5 Å². The van der Waals surface area contributed by atoms with E-state index in [0.29, 0.717) is 11.3 Å². The summed E-state index contributed by atoms with van der Waals surface area (Å²) in [6.45, 7) is 5.37. The first-order valence-electron chi connectivity index (χ1n) is 7.04. The van der Waals surface area contributed by atoms with Crippen molar-refractivity contribution in [3.8, 4) is 0 Å². The van der Waals surface area contributed by atoms with Gasteiger partial charge in [0.15, 0.2) is 0 Å². The van der Waals surface area contributed by atoms with Crippen LogP contribution in [0.2, 0.25) is 5.15 Å². The predicted molar refractivity (Wildman–Crippen MR) is 80.9 cm³/mol. The lowest BCUT2D eigenvalue weighted by Crippen LogP contribution is -2.44. The van der Waals surface area contributed by atoms with Crippen molar-refractivity contribution in [2.24, 2.45) is 0 Å². The zero-order chi connectivity index (χ0) is 14.5. The zero-order valence-corrected chi connectivity index (χ0v) is 12.5. The van der Waals surface area contributed by atoms with Gasteiger partial charge in [-0.25, -0.2) is 4.98 Å². The van der Waals surface area contributed by atoms with E-state index in [1.807, 2.05) is 0 Å². The second-order valence-electron chi connectivity index (χ2n) is 5.20. The molecule has 110 valence electrons. The van der Waals surface area contributed by atoms with Gasteiger partial charge in [-0.05, 0) is 31.9 Å². The molecule has 1 saturated heterocycles. The average Bonchev–Trinajstić information content (AvgIpc) is 2.44. The third-order valence-electron chi connectivity index (χ3n) is 3.57. The first kappa shape index (κ1) is 15.1. The molecule has 0 unspecified atom stereocenters. The van der Waals surface area contributed by atoms with Crippen LogP contribution in [-0.2, 0) is 0 Å². The third kappa shape index (κ3) is 3.84. The molecule has 5 nitrogen and oxygen atoms in total. The van der Waals surface area contributed by atoms with Crippen LogP contribution in [0.4, 0.5) is 5.69 Å². The summed E-state index contributed by atoms with van der Waals surface area (Å²) in [7, 11) is 0. The number of carbonyl (C=O) groups is 1. The number of amides is 1. The van der Waals surface area contributed by atoms with Crippen LogP contribution in [-0.4, -0.2) is 41.5 Å². The van der Waals surface area contributed by atoms with E-state index in [1.165, 1.54) is 12.6 Å². The van der Waals surface area contributed by atoms with E-state index >= 15 is 0 Å². The minimum absolute atomic E-state index is 0.191. The van der Waals surface area contributed by atoms with E-state index in [2.05, 4.69) is 22.1 Å². The molecule has 1 amide bonds. The molecule has 1 aromatic rings. The Bertz CT molecular complexity index is 472. The summed E-state index contributed by atoms with van der Waals surface area (Å²) >= 11 is 5.94. The van der Waals surface area contributed by atoms with Crippen molar-refractivity contribution in [3.05, 3.63) is 23.0 Å². The molecule has 2 rings (SSSR count). The van der Waals surface area contributed by atoms with Gasteiger partial charge in [0, 0.05) is 19.1 Å². The van der Waals surface area contributed by atoms with E-state index in [9.17, 15) is 4.79 Å². The van der Waals surface area contributed by atoms with Crippen LogP contribution >= 0.6 is 11.6 Å². The summed E-state index contributed by atoms with van der Waals surface area (Å²) in [6.07, 6.45) is 4.56. The molecule has 1 aliphatic heterocycles. The number of rotatable bonds is 4. The van der Waals surface area contributed by atoms with Gasteiger partial charge in [0.1, 0.15) is 5.15 Å². The molecular formula is C14H21ClN4O. The number of likely N-dealkylation sites (tertiary alicyclic amines) is 1. The molecule has 0 atom stereocenters. The number of anilines is 1. The van der Waals surface area contributed by atoms with Crippen molar-refractivity contribution in [2.75, 3.05) is 25.4 Å². The van der Waals surface area contributed by atoms with E-state index in [-0.39, 0.29) is 17.1 Å². The number of hydrogen-bond acceptors (Lipinski definition) is 4. The van der Waals surface area contributed by atoms with Crippen LogP contribution in [0.1, 0.15) is 36.5 Å². The van der Waals surface area contributed by atoms with Gasteiger partial charge in [0.2, 0.25) is 0 Å². The van der Waals surface area contributed by atoms with Crippen molar-refractivity contribution in [1.29, 1.82) is 0 Å². The number of nitrogens with one attached hydrogen (secondary N) is 1. The van der Waals surface area contributed by atoms with Gasteiger partial charge in [0.25, 0.3) is 5.91 Å². The number of nitrogens with two attached hydrogens (primary N) is 1. The molecule has 1 aromatic heterocycles.